The molecule has 0 radical (unpaired) electrons. The van der Waals surface area contributed by atoms with E-state index in [-0.39, 0.29) is 11.9 Å². The molecule has 2 aromatic carbocycles. The Morgan fingerprint density at radius 3 is 2.54 bits per heavy atom. The standard InChI is InChI=1S/C22H25NO5/c1-5-6-16-11-17(13-20(25-3)21(16)26-4)22(24)23-14(2)15-7-8-18-19(12-15)28-10-9-27-18/h5-8,11-14H,9-10H2,1-4H3,(H,23,24)/b6-5+. The first kappa shape index (κ1) is 19.6. The number of rotatable bonds is 6. The van der Waals surface area contributed by atoms with Crippen molar-refractivity contribution < 1.29 is 23.7 Å². The molecule has 1 amide bonds. The molecule has 3 rings (SSSR count). The Morgan fingerprint density at radius 2 is 1.86 bits per heavy atom. The first-order valence-electron chi connectivity index (χ1n) is 9.16. The number of ether oxygens (including phenoxy) is 4. The number of carbonyl (C=O) groups excluding carboxylic acids is 1. The number of benzene rings is 2. The third-order valence-electron chi connectivity index (χ3n) is 4.53. The number of hydrogen-bond donors (Lipinski definition) is 1. The van der Waals surface area contributed by atoms with Gasteiger partial charge in [0.25, 0.3) is 5.91 Å². The highest BCUT2D eigenvalue weighted by atomic mass is 16.6. The SMILES string of the molecule is C/C=C/c1cc(C(=O)NC(C)c2ccc3c(c2)OCCO3)cc(OC)c1OC. The number of methoxy groups -OCH3 is 2. The maximum absolute atomic E-state index is 12.9. The highest BCUT2D eigenvalue weighted by Gasteiger charge is 2.19. The monoisotopic (exact) mass is 383 g/mol. The molecule has 0 aliphatic carbocycles. The van der Waals surface area contributed by atoms with Gasteiger partial charge in [0.1, 0.15) is 13.2 Å². The van der Waals surface area contributed by atoms with Crippen LogP contribution in [0.2, 0.25) is 0 Å². The fourth-order valence-corrected chi connectivity index (χ4v) is 3.12. The van der Waals surface area contributed by atoms with Gasteiger partial charge in [-0.25, -0.2) is 0 Å². The van der Waals surface area contributed by atoms with Crippen LogP contribution < -0.4 is 24.3 Å². The number of carbonyl (C=O) groups is 1. The summed E-state index contributed by atoms with van der Waals surface area (Å²) in [4.78, 5) is 12.9. The van der Waals surface area contributed by atoms with E-state index in [2.05, 4.69) is 5.32 Å². The predicted octanol–water partition coefficient (Wildman–Crippen LogP) is 4.00. The Labute approximate surface area is 165 Å². The summed E-state index contributed by atoms with van der Waals surface area (Å²) in [5.74, 6) is 2.33. The normalized spacial score (nSPS) is 13.9. The second-order valence-electron chi connectivity index (χ2n) is 6.40. The number of amides is 1. The molecule has 0 bridgehead atoms. The van der Waals surface area contributed by atoms with E-state index in [1.54, 1.807) is 26.4 Å². The van der Waals surface area contributed by atoms with Gasteiger partial charge in [-0.05, 0) is 43.7 Å². The lowest BCUT2D eigenvalue weighted by atomic mass is 10.0. The van der Waals surface area contributed by atoms with Gasteiger partial charge in [0.15, 0.2) is 23.0 Å². The maximum Gasteiger partial charge on any atom is 0.251 e. The zero-order chi connectivity index (χ0) is 20.1. The Kier molecular flexibility index (Phi) is 6.09. The first-order chi connectivity index (χ1) is 13.6. The molecule has 1 atom stereocenters. The summed E-state index contributed by atoms with van der Waals surface area (Å²) >= 11 is 0. The number of nitrogens with one attached hydrogen (secondary N) is 1. The van der Waals surface area contributed by atoms with E-state index in [0.29, 0.717) is 36.0 Å². The molecule has 6 nitrogen and oxygen atoms in total. The lowest BCUT2D eigenvalue weighted by Gasteiger charge is -2.21. The summed E-state index contributed by atoms with van der Waals surface area (Å²) in [6.07, 6.45) is 3.76. The van der Waals surface area contributed by atoms with Crippen LogP contribution in [0, 0.1) is 0 Å². The molecule has 28 heavy (non-hydrogen) atoms. The van der Waals surface area contributed by atoms with Gasteiger partial charge in [-0.2, -0.15) is 0 Å². The fraction of sp³-hybridized carbons (Fsp3) is 0.318. The van der Waals surface area contributed by atoms with Crippen molar-refractivity contribution in [2.75, 3.05) is 27.4 Å². The van der Waals surface area contributed by atoms with Crippen LogP contribution in [0.25, 0.3) is 6.08 Å². The topological polar surface area (TPSA) is 66.0 Å². The van der Waals surface area contributed by atoms with E-state index in [1.807, 2.05) is 44.2 Å². The molecule has 1 unspecified atom stereocenters. The molecule has 1 heterocycles. The second-order valence-corrected chi connectivity index (χ2v) is 6.40. The van der Waals surface area contributed by atoms with Gasteiger partial charge in [-0.1, -0.05) is 18.2 Å². The summed E-state index contributed by atoms with van der Waals surface area (Å²) in [7, 11) is 3.13. The van der Waals surface area contributed by atoms with E-state index in [4.69, 9.17) is 18.9 Å². The zero-order valence-corrected chi connectivity index (χ0v) is 16.6. The molecular weight excluding hydrogens is 358 g/mol. The Morgan fingerprint density at radius 1 is 1.11 bits per heavy atom. The fourth-order valence-electron chi connectivity index (χ4n) is 3.12. The Hall–Kier alpha value is -3.15. The van der Waals surface area contributed by atoms with Crippen molar-refractivity contribution in [1.29, 1.82) is 0 Å². The van der Waals surface area contributed by atoms with Crippen LogP contribution >= 0.6 is 0 Å². The molecule has 2 aromatic rings. The molecule has 1 aliphatic rings. The maximum atomic E-state index is 12.9. The summed E-state index contributed by atoms with van der Waals surface area (Å²) in [6, 6.07) is 8.96. The van der Waals surface area contributed by atoms with Gasteiger partial charge >= 0.3 is 0 Å². The molecule has 0 saturated carbocycles. The van der Waals surface area contributed by atoms with Crippen LogP contribution in [0.3, 0.4) is 0 Å². The highest BCUT2D eigenvalue weighted by molar-refractivity contribution is 5.96. The smallest absolute Gasteiger partial charge is 0.251 e. The van der Waals surface area contributed by atoms with E-state index in [9.17, 15) is 4.79 Å². The summed E-state index contributed by atoms with van der Waals surface area (Å²) in [6.45, 7) is 4.91. The minimum absolute atomic E-state index is 0.200. The minimum Gasteiger partial charge on any atom is -0.493 e. The molecule has 0 spiro atoms. The van der Waals surface area contributed by atoms with Crippen molar-refractivity contribution in [2.45, 2.75) is 19.9 Å². The van der Waals surface area contributed by atoms with Crippen molar-refractivity contribution in [1.82, 2.24) is 5.32 Å². The van der Waals surface area contributed by atoms with Crippen LogP contribution in [0.4, 0.5) is 0 Å². The lowest BCUT2D eigenvalue weighted by molar-refractivity contribution is 0.0939. The van der Waals surface area contributed by atoms with Crippen LogP contribution in [0.1, 0.15) is 41.4 Å². The average Bonchev–Trinajstić information content (AvgIpc) is 2.72. The van der Waals surface area contributed by atoms with E-state index >= 15 is 0 Å². The third-order valence-corrected chi connectivity index (χ3v) is 4.53. The number of hydrogen-bond acceptors (Lipinski definition) is 5. The Balaban J connectivity index is 1.83. The quantitative estimate of drug-likeness (QED) is 0.817. The van der Waals surface area contributed by atoms with E-state index < -0.39 is 0 Å². The molecule has 1 aliphatic heterocycles. The van der Waals surface area contributed by atoms with E-state index in [1.165, 1.54) is 0 Å². The summed E-state index contributed by atoms with van der Waals surface area (Å²) in [5, 5.41) is 3.02. The molecule has 0 aromatic heterocycles. The van der Waals surface area contributed by atoms with Gasteiger partial charge in [0, 0.05) is 11.1 Å². The lowest BCUT2D eigenvalue weighted by Crippen LogP contribution is -2.27. The van der Waals surface area contributed by atoms with Crippen molar-refractivity contribution in [3.63, 3.8) is 0 Å². The average molecular weight is 383 g/mol. The first-order valence-corrected chi connectivity index (χ1v) is 9.16. The van der Waals surface area contributed by atoms with E-state index in [0.717, 1.165) is 16.9 Å². The molecule has 0 saturated heterocycles. The van der Waals surface area contributed by atoms with Gasteiger partial charge in [-0.3, -0.25) is 4.79 Å². The van der Waals surface area contributed by atoms with Crippen LogP contribution in [-0.2, 0) is 0 Å². The second kappa shape index (κ2) is 8.69. The molecule has 1 N–H and O–H groups in total. The van der Waals surface area contributed by atoms with Gasteiger partial charge in [0.05, 0.1) is 20.3 Å². The van der Waals surface area contributed by atoms with Crippen molar-refractivity contribution in [2.24, 2.45) is 0 Å². The van der Waals surface area contributed by atoms with Crippen LogP contribution in [-0.4, -0.2) is 33.3 Å². The summed E-state index contributed by atoms with van der Waals surface area (Å²) < 4.78 is 22.0. The zero-order valence-electron chi connectivity index (χ0n) is 16.6. The van der Waals surface area contributed by atoms with Gasteiger partial charge in [-0.15, -0.1) is 0 Å². The number of allylic oxidation sites excluding steroid dienone is 1. The van der Waals surface area contributed by atoms with Crippen molar-refractivity contribution >= 4 is 12.0 Å². The van der Waals surface area contributed by atoms with Crippen molar-refractivity contribution in [3.05, 3.63) is 53.1 Å². The van der Waals surface area contributed by atoms with Crippen LogP contribution in [0.15, 0.2) is 36.4 Å². The molecule has 0 fully saturated rings. The minimum atomic E-state index is -0.207. The number of fused-ring (bicyclic) bond motifs is 1. The predicted molar refractivity (Wildman–Crippen MR) is 108 cm³/mol. The van der Waals surface area contributed by atoms with Gasteiger partial charge < -0.3 is 24.3 Å². The largest absolute Gasteiger partial charge is 0.493 e. The van der Waals surface area contributed by atoms with Gasteiger partial charge in [0.2, 0.25) is 0 Å². The highest BCUT2D eigenvalue weighted by Crippen LogP contribution is 2.35. The molecule has 6 heteroatoms. The van der Waals surface area contributed by atoms with Crippen molar-refractivity contribution in [3.8, 4) is 23.0 Å². The molecular formula is C22H25NO5. The van der Waals surface area contributed by atoms with Crippen LogP contribution in [0.5, 0.6) is 23.0 Å². The third kappa shape index (κ3) is 4.06. The molecule has 148 valence electrons. The Bertz CT molecular complexity index is 891. The summed E-state index contributed by atoms with van der Waals surface area (Å²) in [5.41, 5.74) is 2.21.